The SMILES string of the molecule is COC(=O)CCCC(=O)Nc1ccccc1C. The van der Waals surface area contributed by atoms with E-state index in [2.05, 4.69) is 10.1 Å². The summed E-state index contributed by atoms with van der Waals surface area (Å²) < 4.78 is 4.50. The van der Waals surface area contributed by atoms with Gasteiger partial charge in [-0.1, -0.05) is 18.2 Å². The number of hydrogen-bond acceptors (Lipinski definition) is 3. The molecule has 0 fully saturated rings. The van der Waals surface area contributed by atoms with Gasteiger partial charge >= 0.3 is 5.97 Å². The molecule has 0 spiro atoms. The first kappa shape index (κ1) is 13.2. The first-order valence-corrected chi connectivity index (χ1v) is 5.56. The van der Waals surface area contributed by atoms with Crippen LogP contribution in [-0.4, -0.2) is 19.0 Å². The second-order valence-electron chi connectivity index (χ2n) is 3.79. The van der Waals surface area contributed by atoms with Crippen molar-refractivity contribution in [1.82, 2.24) is 0 Å². The van der Waals surface area contributed by atoms with Gasteiger partial charge in [-0.15, -0.1) is 0 Å². The van der Waals surface area contributed by atoms with Crippen LogP contribution in [0.4, 0.5) is 5.69 Å². The second-order valence-corrected chi connectivity index (χ2v) is 3.79. The molecular weight excluding hydrogens is 218 g/mol. The van der Waals surface area contributed by atoms with E-state index in [1.54, 1.807) is 0 Å². The van der Waals surface area contributed by atoms with E-state index >= 15 is 0 Å². The van der Waals surface area contributed by atoms with E-state index in [4.69, 9.17) is 0 Å². The third kappa shape index (κ3) is 4.68. The summed E-state index contributed by atoms with van der Waals surface area (Å²) in [4.78, 5) is 22.4. The summed E-state index contributed by atoms with van der Waals surface area (Å²) in [5.41, 5.74) is 1.84. The second kappa shape index (κ2) is 6.68. The van der Waals surface area contributed by atoms with Gasteiger partial charge in [0.1, 0.15) is 0 Å². The van der Waals surface area contributed by atoms with Crippen molar-refractivity contribution < 1.29 is 14.3 Å². The molecule has 0 aromatic heterocycles. The largest absolute Gasteiger partial charge is 0.469 e. The molecule has 1 N–H and O–H groups in total. The fourth-order valence-electron chi connectivity index (χ4n) is 1.42. The molecule has 1 aromatic carbocycles. The molecule has 4 heteroatoms. The fourth-order valence-corrected chi connectivity index (χ4v) is 1.42. The Morgan fingerprint density at radius 2 is 1.94 bits per heavy atom. The molecule has 17 heavy (non-hydrogen) atoms. The summed E-state index contributed by atoms with van der Waals surface area (Å²) in [7, 11) is 1.34. The minimum absolute atomic E-state index is 0.0804. The van der Waals surface area contributed by atoms with Gasteiger partial charge in [-0.25, -0.2) is 0 Å². The van der Waals surface area contributed by atoms with Gasteiger partial charge < -0.3 is 10.1 Å². The lowest BCUT2D eigenvalue weighted by Crippen LogP contribution is -2.12. The van der Waals surface area contributed by atoms with Crippen molar-refractivity contribution >= 4 is 17.6 Å². The lowest BCUT2D eigenvalue weighted by atomic mass is 10.2. The predicted molar refractivity (Wildman–Crippen MR) is 65.7 cm³/mol. The number of carbonyl (C=O) groups excluding carboxylic acids is 2. The number of rotatable bonds is 5. The molecule has 0 heterocycles. The lowest BCUT2D eigenvalue weighted by molar-refractivity contribution is -0.140. The van der Waals surface area contributed by atoms with Gasteiger partial charge in [0.15, 0.2) is 0 Å². The van der Waals surface area contributed by atoms with E-state index in [0.717, 1.165) is 11.3 Å². The molecule has 0 aliphatic rings. The molecule has 0 saturated carbocycles. The average molecular weight is 235 g/mol. The Morgan fingerprint density at radius 3 is 2.59 bits per heavy atom. The summed E-state index contributed by atoms with van der Waals surface area (Å²) in [6.07, 6.45) is 1.10. The number of methoxy groups -OCH3 is 1. The topological polar surface area (TPSA) is 55.4 Å². The van der Waals surface area contributed by atoms with Crippen molar-refractivity contribution in [1.29, 1.82) is 0 Å². The third-order valence-corrected chi connectivity index (χ3v) is 2.43. The standard InChI is InChI=1S/C13H17NO3/c1-10-6-3-4-7-11(10)14-12(15)8-5-9-13(16)17-2/h3-4,6-7H,5,8-9H2,1-2H3,(H,14,15). The minimum Gasteiger partial charge on any atom is -0.469 e. The van der Waals surface area contributed by atoms with Crippen LogP contribution in [0, 0.1) is 6.92 Å². The van der Waals surface area contributed by atoms with Gasteiger partial charge in [-0.05, 0) is 25.0 Å². The number of benzene rings is 1. The molecule has 1 amide bonds. The van der Waals surface area contributed by atoms with Crippen LogP contribution in [0.15, 0.2) is 24.3 Å². The molecule has 0 saturated heterocycles. The van der Waals surface area contributed by atoms with Crippen LogP contribution >= 0.6 is 0 Å². The number of para-hydroxylation sites is 1. The molecule has 0 bridgehead atoms. The maximum atomic E-state index is 11.6. The maximum Gasteiger partial charge on any atom is 0.305 e. The molecule has 0 aliphatic heterocycles. The van der Waals surface area contributed by atoms with Crippen LogP contribution in [0.3, 0.4) is 0 Å². The highest BCUT2D eigenvalue weighted by Crippen LogP contribution is 2.13. The highest BCUT2D eigenvalue weighted by atomic mass is 16.5. The predicted octanol–water partition coefficient (Wildman–Crippen LogP) is 2.28. The molecule has 0 atom stereocenters. The van der Waals surface area contributed by atoms with Crippen LogP contribution < -0.4 is 5.32 Å². The molecule has 4 nitrogen and oxygen atoms in total. The molecule has 0 unspecified atom stereocenters. The van der Waals surface area contributed by atoms with Crippen LogP contribution in [-0.2, 0) is 14.3 Å². The Kier molecular flexibility index (Phi) is 5.20. The van der Waals surface area contributed by atoms with E-state index in [0.29, 0.717) is 12.8 Å². The van der Waals surface area contributed by atoms with E-state index < -0.39 is 0 Å². The molecule has 0 aliphatic carbocycles. The van der Waals surface area contributed by atoms with Gasteiger partial charge in [0, 0.05) is 18.5 Å². The van der Waals surface area contributed by atoms with Crippen molar-refractivity contribution in [2.24, 2.45) is 0 Å². The number of anilines is 1. The molecule has 92 valence electrons. The Morgan fingerprint density at radius 1 is 1.24 bits per heavy atom. The van der Waals surface area contributed by atoms with Crippen LogP contribution in [0.1, 0.15) is 24.8 Å². The van der Waals surface area contributed by atoms with Crippen molar-refractivity contribution in [3.63, 3.8) is 0 Å². The minimum atomic E-state index is -0.284. The first-order valence-electron chi connectivity index (χ1n) is 5.56. The number of nitrogens with one attached hydrogen (secondary N) is 1. The van der Waals surface area contributed by atoms with Crippen LogP contribution in [0.25, 0.3) is 0 Å². The highest BCUT2D eigenvalue weighted by Gasteiger charge is 2.06. The van der Waals surface area contributed by atoms with Gasteiger partial charge in [0.2, 0.25) is 5.91 Å². The van der Waals surface area contributed by atoms with E-state index in [1.165, 1.54) is 7.11 Å². The summed E-state index contributed by atoms with van der Waals surface area (Å²) in [5.74, 6) is -0.364. The van der Waals surface area contributed by atoms with Crippen molar-refractivity contribution in [2.45, 2.75) is 26.2 Å². The van der Waals surface area contributed by atoms with E-state index in [1.807, 2.05) is 31.2 Å². The Hall–Kier alpha value is -1.84. The number of aryl methyl sites for hydroxylation is 1. The molecular formula is C13H17NO3. The zero-order chi connectivity index (χ0) is 12.7. The summed E-state index contributed by atoms with van der Waals surface area (Å²) in [6, 6.07) is 7.58. The number of hydrogen-bond donors (Lipinski definition) is 1. The maximum absolute atomic E-state index is 11.6. The van der Waals surface area contributed by atoms with Crippen molar-refractivity contribution in [3.8, 4) is 0 Å². The Bertz CT molecular complexity index is 401. The van der Waals surface area contributed by atoms with E-state index in [-0.39, 0.29) is 18.3 Å². The van der Waals surface area contributed by atoms with Gasteiger partial charge in [0.25, 0.3) is 0 Å². The number of esters is 1. The summed E-state index contributed by atoms with van der Waals surface area (Å²) in [6.45, 7) is 1.93. The highest BCUT2D eigenvalue weighted by molar-refractivity contribution is 5.91. The number of amides is 1. The van der Waals surface area contributed by atoms with Gasteiger partial charge in [-0.3, -0.25) is 9.59 Å². The molecule has 1 rings (SSSR count). The normalized spacial score (nSPS) is 9.76. The zero-order valence-electron chi connectivity index (χ0n) is 10.2. The van der Waals surface area contributed by atoms with Crippen molar-refractivity contribution in [3.05, 3.63) is 29.8 Å². The van der Waals surface area contributed by atoms with Crippen LogP contribution in [0.5, 0.6) is 0 Å². The summed E-state index contributed by atoms with van der Waals surface area (Å²) >= 11 is 0. The monoisotopic (exact) mass is 235 g/mol. The Balaban J connectivity index is 2.35. The third-order valence-electron chi connectivity index (χ3n) is 2.43. The number of carbonyl (C=O) groups is 2. The fraction of sp³-hybridized carbons (Fsp3) is 0.385. The molecule has 0 radical (unpaired) electrons. The quantitative estimate of drug-likeness (QED) is 0.796. The smallest absolute Gasteiger partial charge is 0.305 e. The zero-order valence-corrected chi connectivity index (χ0v) is 10.2. The molecule has 1 aromatic rings. The lowest BCUT2D eigenvalue weighted by Gasteiger charge is -2.07. The first-order chi connectivity index (χ1) is 8.13. The van der Waals surface area contributed by atoms with Gasteiger partial charge in [0.05, 0.1) is 7.11 Å². The number of ether oxygens (including phenoxy) is 1. The Labute approximate surface area is 101 Å². The van der Waals surface area contributed by atoms with Gasteiger partial charge in [-0.2, -0.15) is 0 Å². The van der Waals surface area contributed by atoms with Crippen LogP contribution in [0.2, 0.25) is 0 Å². The van der Waals surface area contributed by atoms with E-state index in [9.17, 15) is 9.59 Å². The average Bonchev–Trinajstić information content (AvgIpc) is 2.32. The van der Waals surface area contributed by atoms with Crippen molar-refractivity contribution in [2.75, 3.05) is 12.4 Å². The summed E-state index contributed by atoms with van der Waals surface area (Å²) in [5, 5.41) is 2.81.